The zero-order valence-corrected chi connectivity index (χ0v) is 12.0. The van der Waals surface area contributed by atoms with Crippen LogP contribution >= 0.6 is 0 Å². The fourth-order valence-corrected chi connectivity index (χ4v) is 2.08. The van der Waals surface area contributed by atoms with Gasteiger partial charge in [0.05, 0.1) is 12.1 Å². The Kier molecular flexibility index (Phi) is 6.53. The lowest BCUT2D eigenvalue weighted by Gasteiger charge is -2.22. The average molecular weight is 264 g/mol. The van der Waals surface area contributed by atoms with Crippen LogP contribution in [0.1, 0.15) is 31.4 Å². The van der Waals surface area contributed by atoms with Crippen molar-refractivity contribution in [3.8, 4) is 0 Å². The van der Waals surface area contributed by atoms with Gasteiger partial charge in [-0.1, -0.05) is 37.3 Å². The van der Waals surface area contributed by atoms with Gasteiger partial charge in [-0.2, -0.15) is 0 Å². The molecular weight excluding hydrogens is 240 g/mol. The van der Waals surface area contributed by atoms with Crippen molar-refractivity contribution in [2.75, 3.05) is 20.6 Å². The number of hydrogen-bond donors (Lipinski definition) is 2. The Morgan fingerprint density at radius 2 is 1.95 bits per heavy atom. The Morgan fingerprint density at radius 3 is 2.47 bits per heavy atom. The third kappa shape index (κ3) is 5.01. The van der Waals surface area contributed by atoms with Crippen LogP contribution in [0.5, 0.6) is 0 Å². The van der Waals surface area contributed by atoms with Crippen molar-refractivity contribution in [2.24, 2.45) is 0 Å². The predicted molar refractivity (Wildman–Crippen MR) is 76.8 cm³/mol. The quantitative estimate of drug-likeness (QED) is 0.786. The molecule has 4 nitrogen and oxygen atoms in total. The maximum absolute atomic E-state index is 11.9. The molecule has 0 saturated heterocycles. The second-order valence-electron chi connectivity index (χ2n) is 4.89. The summed E-state index contributed by atoms with van der Waals surface area (Å²) in [4.78, 5) is 13.8. The van der Waals surface area contributed by atoms with E-state index in [2.05, 4.69) is 5.32 Å². The first-order valence-corrected chi connectivity index (χ1v) is 6.73. The lowest BCUT2D eigenvalue weighted by atomic mass is 10.1. The van der Waals surface area contributed by atoms with Crippen molar-refractivity contribution in [1.29, 1.82) is 0 Å². The number of carbonyl (C=O) groups is 1. The van der Waals surface area contributed by atoms with Crippen molar-refractivity contribution in [3.05, 3.63) is 35.9 Å². The molecule has 1 rings (SSSR count). The molecule has 1 aromatic rings. The van der Waals surface area contributed by atoms with Gasteiger partial charge in [0.2, 0.25) is 5.91 Å². The Labute approximate surface area is 115 Å². The van der Waals surface area contributed by atoms with E-state index in [1.165, 1.54) is 0 Å². The minimum absolute atomic E-state index is 0.0211. The van der Waals surface area contributed by atoms with Crippen LogP contribution in [0.3, 0.4) is 0 Å². The molecule has 4 heteroatoms. The molecule has 106 valence electrons. The van der Waals surface area contributed by atoms with E-state index in [0.29, 0.717) is 13.0 Å². The molecule has 0 saturated carbocycles. The van der Waals surface area contributed by atoms with Crippen LogP contribution in [0.2, 0.25) is 0 Å². The molecule has 2 atom stereocenters. The minimum atomic E-state index is -0.527. The molecular formula is C15H24N2O2. The summed E-state index contributed by atoms with van der Waals surface area (Å²) in [5.74, 6) is 0.0211. The third-order valence-corrected chi connectivity index (χ3v) is 3.21. The van der Waals surface area contributed by atoms with Gasteiger partial charge >= 0.3 is 0 Å². The highest BCUT2D eigenvalue weighted by molar-refractivity contribution is 5.81. The zero-order valence-electron chi connectivity index (χ0n) is 12.0. The summed E-state index contributed by atoms with van der Waals surface area (Å²) < 4.78 is 0. The van der Waals surface area contributed by atoms with Crippen LogP contribution in [0.15, 0.2) is 30.3 Å². The van der Waals surface area contributed by atoms with E-state index in [1.54, 1.807) is 0 Å². The molecule has 0 aliphatic heterocycles. The second kappa shape index (κ2) is 7.92. The number of rotatable bonds is 7. The minimum Gasteiger partial charge on any atom is -0.388 e. The molecule has 0 heterocycles. The molecule has 0 aliphatic carbocycles. The van der Waals surface area contributed by atoms with Crippen molar-refractivity contribution in [2.45, 2.75) is 31.9 Å². The van der Waals surface area contributed by atoms with Crippen LogP contribution in [0.4, 0.5) is 0 Å². The predicted octanol–water partition coefficient (Wildman–Crippen LogP) is 1.57. The van der Waals surface area contributed by atoms with Gasteiger partial charge in [-0.25, -0.2) is 0 Å². The number of nitrogens with one attached hydrogen (secondary N) is 1. The molecule has 0 bridgehead atoms. The highest BCUT2D eigenvalue weighted by atomic mass is 16.3. The molecule has 1 amide bonds. The van der Waals surface area contributed by atoms with Gasteiger partial charge < -0.3 is 10.4 Å². The van der Waals surface area contributed by atoms with Crippen LogP contribution in [-0.4, -0.2) is 42.6 Å². The van der Waals surface area contributed by atoms with Gasteiger partial charge in [0, 0.05) is 6.54 Å². The van der Waals surface area contributed by atoms with Crippen molar-refractivity contribution >= 4 is 5.91 Å². The van der Waals surface area contributed by atoms with E-state index < -0.39 is 6.10 Å². The molecule has 2 unspecified atom stereocenters. The van der Waals surface area contributed by atoms with Crippen LogP contribution in [-0.2, 0) is 4.79 Å². The Balaban J connectivity index is 2.36. The number of amides is 1. The molecule has 0 spiro atoms. The van der Waals surface area contributed by atoms with E-state index in [0.717, 1.165) is 12.0 Å². The smallest absolute Gasteiger partial charge is 0.237 e. The van der Waals surface area contributed by atoms with Crippen molar-refractivity contribution in [1.82, 2.24) is 10.2 Å². The summed E-state index contributed by atoms with van der Waals surface area (Å²) in [6.07, 6.45) is 0.778. The average Bonchev–Trinajstić information content (AvgIpc) is 2.40. The first kappa shape index (κ1) is 15.7. The number of aliphatic hydroxyl groups is 1. The van der Waals surface area contributed by atoms with Crippen molar-refractivity contribution < 1.29 is 9.90 Å². The van der Waals surface area contributed by atoms with Gasteiger partial charge in [0.25, 0.3) is 0 Å². The maximum atomic E-state index is 11.9. The summed E-state index contributed by atoms with van der Waals surface area (Å²) in [5.41, 5.74) is 0.886. The van der Waals surface area contributed by atoms with E-state index in [9.17, 15) is 9.90 Å². The van der Waals surface area contributed by atoms with E-state index in [1.807, 2.05) is 56.3 Å². The lowest BCUT2D eigenvalue weighted by molar-refractivity contribution is -0.125. The standard InChI is InChI=1S/C15H24N2O2/c1-4-13(17(2)3)15(19)16-11-10-14(18)12-8-6-5-7-9-12/h5-9,13-14,18H,4,10-11H2,1-3H3,(H,16,19). The fourth-order valence-electron chi connectivity index (χ4n) is 2.08. The number of nitrogens with zero attached hydrogens (tertiary/aromatic N) is 1. The van der Waals surface area contributed by atoms with Crippen molar-refractivity contribution in [3.63, 3.8) is 0 Å². The van der Waals surface area contributed by atoms with E-state index in [4.69, 9.17) is 0 Å². The maximum Gasteiger partial charge on any atom is 0.237 e. The lowest BCUT2D eigenvalue weighted by Crippen LogP contribution is -2.43. The monoisotopic (exact) mass is 264 g/mol. The molecule has 0 radical (unpaired) electrons. The van der Waals surface area contributed by atoms with Crippen LogP contribution in [0, 0.1) is 0 Å². The van der Waals surface area contributed by atoms with Gasteiger partial charge in [-0.3, -0.25) is 9.69 Å². The van der Waals surface area contributed by atoms with Gasteiger partial charge in [0.1, 0.15) is 0 Å². The Bertz CT molecular complexity index is 379. The Morgan fingerprint density at radius 1 is 1.32 bits per heavy atom. The van der Waals surface area contributed by atoms with Gasteiger partial charge in [-0.15, -0.1) is 0 Å². The molecule has 19 heavy (non-hydrogen) atoms. The van der Waals surface area contributed by atoms with Gasteiger partial charge in [0.15, 0.2) is 0 Å². The molecule has 0 aromatic heterocycles. The number of aliphatic hydroxyl groups excluding tert-OH is 1. The topological polar surface area (TPSA) is 52.6 Å². The van der Waals surface area contributed by atoms with E-state index >= 15 is 0 Å². The SMILES string of the molecule is CCC(C(=O)NCCC(O)c1ccccc1)N(C)C. The summed E-state index contributed by atoms with van der Waals surface area (Å²) >= 11 is 0. The fraction of sp³-hybridized carbons (Fsp3) is 0.533. The van der Waals surface area contributed by atoms with Gasteiger partial charge in [-0.05, 0) is 32.5 Å². The molecule has 0 aliphatic rings. The van der Waals surface area contributed by atoms with Crippen LogP contribution < -0.4 is 5.32 Å². The third-order valence-electron chi connectivity index (χ3n) is 3.21. The number of benzene rings is 1. The first-order chi connectivity index (χ1) is 9.06. The molecule has 2 N–H and O–H groups in total. The number of hydrogen-bond acceptors (Lipinski definition) is 3. The largest absolute Gasteiger partial charge is 0.388 e. The number of carbonyl (C=O) groups excluding carboxylic acids is 1. The summed E-state index contributed by atoms with van der Waals surface area (Å²) in [6.45, 7) is 2.47. The Hall–Kier alpha value is -1.39. The zero-order chi connectivity index (χ0) is 14.3. The first-order valence-electron chi connectivity index (χ1n) is 6.73. The van der Waals surface area contributed by atoms with E-state index in [-0.39, 0.29) is 11.9 Å². The summed E-state index contributed by atoms with van der Waals surface area (Å²) in [6, 6.07) is 9.39. The summed E-state index contributed by atoms with van der Waals surface area (Å²) in [7, 11) is 3.79. The van der Waals surface area contributed by atoms with Crippen LogP contribution in [0.25, 0.3) is 0 Å². The molecule has 1 aromatic carbocycles. The normalized spacial score (nSPS) is 14.2. The molecule has 0 fully saturated rings. The highest BCUT2D eigenvalue weighted by Gasteiger charge is 2.18. The highest BCUT2D eigenvalue weighted by Crippen LogP contribution is 2.14. The second-order valence-corrected chi connectivity index (χ2v) is 4.89. The summed E-state index contributed by atoms with van der Waals surface area (Å²) in [5, 5.41) is 12.9. The number of likely N-dealkylation sites (N-methyl/N-ethyl adjacent to an activating group) is 1.